The Morgan fingerprint density at radius 2 is 1.88 bits per heavy atom. The van der Waals surface area contributed by atoms with Crippen LogP contribution >= 0.6 is 0 Å². The van der Waals surface area contributed by atoms with Gasteiger partial charge < -0.3 is 10.1 Å². The van der Waals surface area contributed by atoms with E-state index in [2.05, 4.69) is 17.5 Å². The second-order valence-corrected chi connectivity index (χ2v) is 7.88. The molecule has 1 aromatic rings. The molecular formula is C20H21NO3. The lowest BCUT2D eigenvalue weighted by Gasteiger charge is -2.34. The van der Waals surface area contributed by atoms with Crippen molar-refractivity contribution < 1.29 is 14.3 Å². The molecule has 5 rings (SSSR count). The fraction of sp³-hybridized carbons (Fsp3) is 0.500. The van der Waals surface area contributed by atoms with Crippen molar-refractivity contribution in [2.24, 2.45) is 34.5 Å². The fourth-order valence-corrected chi connectivity index (χ4v) is 5.88. The molecule has 1 N–H and O–H groups in total. The summed E-state index contributed by atoms with van der Waals surface area (Å²) in [6, 6.07) is 7.77. The number of amides is 1. The highest BCUT2D eigenvalue weighted by Crippen LogP contribution is 2.94. The van der Waals surface area contributed by atoms with Crippen molar-refractivity contribution in [3.05, 3.63) is 42.0 Å². The van der Waals surface area contributed by atoms with E-state index in [-0.39, 0.29) is 35.0 Å². The van der Waals surface area contributed by atoms with Crippen molar-refractivity contribution in [2.75, 3.05) is 12.4 Å². The minimum Gasteiger partial charge on any atom is -0.469 e. The molecule has 3 fully saturated rings. The largest absolute Gasteiger partial charge is 0.469 e. The summed E-state index contributed by atoms with van der Waals surface area (Å²) in [5.74, 6) is -0.377. The van der Waals surface area contributed by atoms with E-state index in [1.807, 2.05) is 31.2 Å². The summed E-state index contributed by atoms with van der Waals surface area (Å²) >= 11 is 0. The van der Waals surface area contributed by atoms with E-state index in [4.69, 9.17) is 4.74 Å². The van der Waals surface area contributed by atoms with E-state index >= 15 is 0 Å². The van der Waals surface area contributed by atoms with Crippen LogP contribution in [-0.4, -0.2) is 19.0 Å². The van der Waals surface area contributed by atoms with Gasteiger partial charge in [0.25, 0.3) is 0 Å². The second kappa shape index (κ2) is 4.29. The normalized spacial score (nSPS) is 38.8. The van der Waals surface area contributed by atoms with Crippen molar-refractivity contribution >= 4 is 17.6 Å². The molecule has 0 saturated heterocycles. The first kappa shape index (κ1) is 14.3. The van der Waals surface area contributed by atoms with Crippen LogP contribution in [0.15, 0.2) is 36.4 Å². The van der Waals surface area contributed by atoms with Gasteiger partial charge in [-0.25, -0.2) is 0 Å². The molecule has 0 heterocycles. The number of hydrogen-bond donors (Lipinski definition) is 1. The van der Waals surface area contributed by atoms with Crippen LogP contribution in [0.2, 0.25) is 0 Å². The Morgan fingerprint density at radius 3 is 2.42 bits per heavy atom. The second-order valence-electron chi connectivity index (χ2n) is 7.88. The highest BCUT2D eigenvalue weighted by Gasteiger charge is 2.92. The number of fused-ring (bicyclic) bond motifs is 1. The lowest BCUT2D eigenvalue weighted by Crippen LogP contribution is -2.40. The molecule has 4 nitrogen and oxygen atoms in total. The van der Waals surface area contributed by atoms with Gasteiger partial charge in [-0.3, -0.25) is 9.59 Å². The number of rotatable bonds is 3. The molecule has 4 heteroatoms. The zero-order valence-electron chi connectivity index (χ0n) is 13.9. The lowest BCUT2D eigenvalue weighted by atomic mass is 9.70. The Morgan fingerprint density at radius 1 is 1.17 bits per heavy atom. The van der Waals surface area contributed by atoms with E-state index in [1.54, 1.807) is 0 Å². The smallest absolute Gasteiger partial charge is 0.309 e. The molecule has 2 spiro atoms. The number of hydrogen-bond acceptors (Lipinski definition) is 3. The summed E-state index contributed by atoms with van der Waals surface area (Å²) in [5.41, 5.74) is 2.36. The third-order valence-electron chi connectivity index (χ3n) is 7.04. The van der Waals surface area contributed by atoms with E-state index in [0.29, 0.717) is 11.3 Å². The molecule has 0 radical (unpaired) electrons. The van der Waals surface area contributed by atoms with Gasteiger partial charge in [-0.2, -0.15) is 0 Å². The Bertz CT molecular complexity index is 777. The van der Waals surface area contributed by atoms with Crippen LogP contribution < -0.4 is 5.32 Å². The Kier molecular flexibility index (Phi) is 2.55. The van der Waals surface area contributed by atoms with Gasteiger partial charge in [0.2, 0.25) is 5.91 Å². The maximum Gasteiger partial charge on any atom is 0.309 e. The molecular weight excluding hydrogens is 302 g/mol. The average molecular weight is 323 g/mol. The van der Waals surface area contributed by atoms with Crippen LogP contribution in [0.1, 0.15) is 18.4 Å². The van der Waals surface area contributed by atoms with Crippen molar-refractivity contribution in [3.8, 4) is 0 Å². The summed E-state index contributed by atoms with van der Waals surface area (Å²) in [6.45, 7) is 2.02. The number of ether oxygens (including phenoxy) is 1. The minimum absolute atomic E-state index is 0.0500. The van der Waals surface area contributed by atoms with Crippen LogP contribution in [0.4, 0.5) is 5.69 Å². The van der Waals surface area contributed by atoms with Crippen molar-refractivity contribution in [2.45, 2.75) is 19.8 Å². The molecule has 24 heavy (non-hydrogen) atoms. The maximum absolute atomic E-state index is 13.0. The summed E-state index contributed by atoms with van der Waals surface area (Å²) < 4.78 is 5.07. The zero-order chi connectivity index (χ0) is 16.7. The van der Waals surface area contributed by atoms with Crippen LogP contribution in [0.3, 0.4) is 0 Å². The van der Waals surface area contributed by atoms with Crippen LogP contribution in [0.25, 0.3) is 0 Å². The first-order valence-corrected chi connectivity index (χ1v) is 8.70. The SMILES string of the molecule is COC(=O)C1C(C(=O)Nc2ccc(C)cc2)C2C=CC23C1C31CC1. The molecule has 4 aliphatic carbocycles. The predicted octanol–water partition coefficient (Wildman–Crippen LogP) is 2.93. The predicted molar refractivity (Wildman–Crippen MR) is 89.0 cm³/mol. The van der Waals surface area contributed by atoms with Gasteiger partial charge in [0, 0.05) is 11.1 Å². The Labute approximate surface area is 141 Å². The molecule has 4 aliphatic rings. The van der Waals surface area contributed by atoms with Gasteiger partial charge in [0.1, 0.15) is 0 Å². The molecule has 0 bridgehead atoms. The van der Waals surface area contributed by atoms with E-state index in [1.165, 1.54) is 20.0 Å². The van der Waals surface area contributed by atoms with E-state index < -0.39 is 0 Å². The Balaban J connectivity index is 1.44. The zero-order valence-corrected chi connectivity index (χ0v) is 13.9. The molecule has 3 saturated carbocycles. The molecule has 5 atom stereocenters. The van der Waals surface area contributed by atoms with Crippen LogP contribution in [0, 0.1) is 41.4 Å². The number of anilines is 1. The topological polar surface area (TPSA) is 55.4 Å². The highest BCUT2D eigenvalue weighted by atomic mass is 16.5. The molecule has 0 aromatic heterocycles. The van der Waals surface area contributed by atoms with Gasteiger partial charge >= 0.3 is 5.97 Å². The summed E-state index contributed by atoms with van der Waals surface area (Å²) in [6.07, 6.45) is 6.80. The van der Waals surface area contributed by atoms with Gasteiger partial charge in [-0.05, 0) is 49.1 Å². The Hall–Kier alpha value is -2.10. The van der Waals surface area contributed by atoms with Crippen LogP contribution in [-0.2, 0) is 14.3 Å². The summed E-state index contributed by atoms with van der Waals surface area (Å²) in [7, 11) is 1.43. The van der Waals surface area contributed by atoms with Gasteiger partial charge in [0.05, 0.1) is 18.9 Å². The monoisotopic (exact) mass is 323 g/mol. The third-order valence-corrected chi connectivity index (χ3v) is 7.04. The third kappa shape index (κ3) is 1.45. The molecule has 1 amide bonds. The number of carbonyl (C=O) groups is 2. The molecule has 0 aliphatic heterocycles. The van der Waals surface area contributed by atoms with Crippen molar-refractivity contribution in [3.63, 3.8) is 0 Å². The summed E-state index contributed by atoms with van der Waals surface area (Å²) in [5, 5.41) is 3.01. The first-order valence-electron chi connectivity index (χ1n) is 8.70. The number of aryl methyl sites for hydroxylation is 1. The number of nitrogens with one attached hydrogen (secondary N) is 1. The van der Waals surface area contributed by atoms with Crippen molar-refractivity contribution in [1.29, 1.82) is 0 Å². The molecule has 124 valence electrons. The van der Waals surface area contributed by atoms with Gasteiger partial charge in [0.15, 0.2) is 0 Å². The number of allylic oxidation sites excluding steroid dienone is 2. The minimum atomic E-state index is -0.306. The first-order chi connectivity index (χ1) is 11.5. The lowest BCUT2D eigenvalue weighted by molar-refractivity contribution is -0.150. The average Bonchev–Trinajstić information content (AvgIpc) is 3.44. The van der Waals surface area contributed by atoms with Gasteiger partial charge in [-0.1, -0.05) is 29.8 Å². The quantitative estimate of drug-likeness (QED) is 0.687. The van der Waals surface area contributed by atoms with Crippen LogP contribution in [0.5, 0.6) is 0 Å². The fourth-order valence-electron chi connectivity index (χ4n) is 5.88. The summed E-state index contributed by atoms with van der Waals surface area (Å²) in [4.78, 5) is 25.4. The molecule has 1 aromatic carbocycles. The van der Waals surface area contributed by atoms with Crippen molar-refractivity contribution in [1.82, 2.24) is 0 Å². The highest BCUT2D eigenvalue weighted by molar-refractivity contribution is 5.97. The van der Waals surface area contributed by atoms with E-state index in [9.17, 15) is 9.59 Å². The molecule has 5 unspecified atom stereocenters. The number of esters is 1. The number of methoxy groups -OCH3 is 1. The number of carbonyl (C=O) groups excluding carboxylic acids is 2. The van der Waals surface area contributed by atoms with E-state index in [0.717, 1.165) is 11.3 Å². The number of benzene rings is 1. The van der Waals surface area contributed by atoms with Gasteiger partial charge in [-0.15, -0.1) is 0 Å². The standard InChI is InChI=1S/C20H21NO3/c1-11-3-5-12(6-4-11)21-17(22)14-13-7-8-20(13)16(19(20)9-10-19)15(14)18(23)24-2/h3-8,13-16H,9-10H2,1-2H3,(H,21,22). The maximum atomic E-state index is 13.0.